The lowest BCUT2D eigenvalue weighted by atomic mass is 9.91. The highest BCUT2D eigenvalue weighted by Crippen LogP contribution is 2.36. The fourth-order valence-corrected chi connectivity index (χ4v) is 4.99. The Bertz CT molecular complexity index is 847. The summed E-state index contributed by atoms with van der Waals surface area (Å²) in [5, 5.41) is 10.4. The van der Waals surface area contributed by atoms with Gasteiger partial charge in [-0.05, 0) is 30.7 Å². The number of carbonyl (C=O) groups is 2. The second-order valence-corrected chi connectivity index (χ2v) is 8.55. The predicted molar refractivity (Wildman–Crippen MR) is 112 cm³/mol. The van der Waals surface area contributed by atoms with Crippen molar-refractivity contribution in [1.82, 2.24) is 19.9 Å². The second-order valence-electron chi connectivity index (χ2n) is 8.55. The van der Waals surface area contributed by atoms with Crippen LogP contribution in [0.4, 0.5) is 0 Å². The summed E-state index contributed by atoms with van der Waals surface area (Å²) >= 11 is 0. The number of amides is 2. The quantitative estimate of drug-likeness (QED) is 0.394. The lowest BCUT2D eigenvalue weighted by Crippen LogP contribution is -2.41. The number of aromatic amines is 1. The molecule has 0 spiro atoms. The molecule has 2 fully saturated rings. The van der Waals surface area contributed by atoms with E-state index in [9.17, 15) is 14.8 Å². The number of benzene rings is 1. The Morgan fingerprint density at radius 3 is 2.73 bits per heavy atom. The van der Waals surface area contributed by atoms with Crippen molar-refractivity contribution in [3.63, 3.8) is 0 Å². The third-order valence-corrected chi connectivity index (χ3v) is 6.50. The van der Waals surface area contributed by atoms with Crippen LogP contribution in [0.1, 0.15) is 56.8 Å². The largest absolute Gasteiger partial charge is 0.340 e. The number of aromatic nitrogens is 2. The van der Waals surface area contributed by atoms with Crippen LogP contribution in [0.15, 0.2) is 36.5 Å². The molecule has 0 bridgehead atoms. The molecule has 0 radical (unpaired) electrons. The third kappa shape index (κ3) is 4.56. The molecule has 2 amide bonds. The van der Waals surface area contributed by atoms with Crippen LogP contribution in [0, 0.1) is 11.8 Å². The van der Waals surface area contributed by atoms with Crippen molar-refractivity contribution in [1.29, 1.82) is 0 Å². The third-order valence-electron chi connectivity index (χ3n) is 6.50. The number of hydrogen-bond donors (Lipinski definition) is 2. The molecule has 7 heteroatoms. The normalized spacial score (nSPS) is 20.4. The molecule has 30 heavy (non-hydrogen) atoms. The molecule has 2 aliphatic rings. The average molecular weight is 411 g/mol. The van der Waals surface area contributed by atoms with Gasteiger partial charge in [-0.25, -0.2) is 10.0 Å². The van der Waals surface area contributed by atoms with E-state index in [-0.39, 0.29) is 24.4 Å². The number of likely N-dealkylation sites (tertiary alicyclic amines) is 1. The van der Waals surface area contributed by atoms with Gasteiger partial charge >= 0.3 is 0 Å². The first-order valence-electron chi connectivity index (χ1n) is 11.0. The van der Waals surface area contributed by atoms with Gasteiger partial charge in [-0.3, -0.25) is 14.8 Å². The lowest BCUT2D eigenvalue weighted by molar-refractivity contribution is -0.157. The monoisotopic (exact) mass is 410 g/mol. The highest BCUT2D eigenvalue weighted by molar-refractivity contribution is 5.80. The van der Waals surface area contributed by atoms with E-state index >= 15 is 0 Å². The SMILES string of the molecule is O=CN(O)C[C@H](CC1CCCC1)C(=O)N1CCC[C@H]1c1ncc(-c2ccccc2)[nH]1. The Kier molecular flexibility index (Phi) is 6.47. The van der Waals surface area contributed by atoms with Gasteiger partial charge in [-0.15, -0.1) is 0 Å². The van der Waals surface area contributed by atoms with Gasteiger partial charge in [0.1, 0.15) is 5.82 Å². The molecule has 0 unspecified atom stereocenters. The van der Waals surface area contributed by atoms with Crippen molar-refractivity contribution in [2.75, 3.05) is 13.1 Å². The molecular formula is C23H30N4O3. The Morgan fingerprint density at radius 2 is 2.00 bits per heavy atom. The first kappa shape index (κ1) is 20.6. The molecular weight excluding hydrogens is 380 g/mol. The van der Waals surface area contributed by atoms with Crippen LogP contribution in [0.25, 0.3) is 11.3 Å². The molecule has 2 N–H and O–H groups in total. The Labute approximate surface area is 177 Å². The van der Waals surface area contributed by atoms with Crippen molar-refractivity contribution in [2.45, 2.75) is 51.0 Å². The molecule has 160 valence electrons. The fraction of sp³-hybridized carbons (Fsp3) is 0.522. The molecule has 2 atom stereocenters. The summed E-state index contributed by atoms with van der Waals surface area (Å²) < 4.78 is 0. The highest BCUT2D eigenvalue weighted by atomic mass is 16.5. The molecule has 1 aromatic heterocycles. The van der Waals surface area contributed by atoms with Crippen molar-refractivity contribution in [3.05, 3.63) is 42.4 Å². The number of H-pyrrole nitrogens is 1. The number of nitrogens with one attached hydrogen (secondary N) is 1. The minimum atomic E-state index is -0.382. The summed E-state index contributed by atoms with van der Waals surface area (Å²) in [5.41, 5.74) is 2.00. The first-order chi connectivity index (χ1) is 14.7. The molecule has 2 heterocycles. The fourth-order valence-electron chi connectivity index (χ4n) is 4.99. The van der Waals surface area contributed by atoms with Crippen LogP contribution in [-0.4, -0.2) is 50.5 Å². The van der Waals surface area contributed by atoms with Crippen LogP contribution in [0.3, 0.4) is 0 Å². The van der Waals surface area contributed by atoms with Crippen LogP contribution in [-0.2, 0) is 9.59 Å². The zero-order valence-corrected chi connectivity index (χ0v) is 17.2. The minimum Gasteiger partial charge on any atom is -0.340 e. The lowest BCUT2D eigenvalue weighted by Gasteiger charge is -2.30. The van der Waals surface area contributed by atoms with Gasteiger partial charge in [0.25, 0.3) is 0 Å². The summed E-state index contributed by atoms with van der Waals surface area (Å²) in [6.45, 7) is 0.730. The minimum absolute atomic E-state index is 0.0166. The van der Waals surface area contributed by atoms with E-state index in [1.807, 2.05) is 41.4 Å². The van der Waals surface area contributed by atoms with Gasteiger partial charge in [0, 0.05) is 6.54 Å². The number of hydrogen-bond acceptors (Lipinski definition) is 4. The standard InChI is InChI=1S/C23H30N4O3/c28-16-26(30)15-19(13-17-7-4-5-8-17)23(29)27-12-6-11-21(27)22-24-14-20(25-22)18-9-2-1-3-10-18/h1-3,9-10,14,16-17,19,21,30H,4-8,11-13,15H2,(H,24,25)/t19-,21-/m0/s1. The molecule has 1 aliphatic carbocycles. The second kappa shape index (κ2) is 9.43. The summed E-state index contributed by atoms with van der Waals surface area (Å²) in [7, 11) is 0. The average Bonchev–Trinajstić information content (AvgIpc) is 3.54. The molecule has 1 saturated carbocycles. The topological polar surface area (TPSA) is 89.5 Å². The van der Waals surface area contributed by atoms with Gasteiger partial charge in [0.05, 0.1) is 30.4 Å². The number of hydroxylamine groups is 2. The van der Waals surface area contributed by atoms with Crippen LogP contribution in [0.2, 0.25) is 0 Å². The van der Waals surface area contributed by atoms with Crippen molar-refractivity contribution >= 4 is 12.3 Å². The first-order valence-corrected chi connectivity index (χ1v) is 11.0. The number of nitrogens with zero attached hydrogens (tertiary/aromatic N) is 3. The van der Waals surface area contributed by atoms with Crippen LogP contribution >= 0.6 is 0 Å². The van der Waals surface area contributed by atoms with Crippen LogP contribution in [0.5, 0.6) is 0 Å². The zero-order valence-electron chi connectivity index (χ0n) is 17.2. The summed E-state index contributed by atoms with van der Waals surface area (Å²) in [6, 6.07) is 9.92. The summed E-state index contributed by atoms with van der Waals surface area (Å²) in [4.78, 5) is 34.3. The number of imidazole rings is 1. The highest BCUT2D eigenvalue weighted by Gasteiger charge is 2.37. The van der Waals surface area contributed by atoms with E-state index in [4.69, 9.17) is 0 Å². The van der Waals surface area contributed by atoms with E-state index in [1.54, 1.807) is 0 Å². The maximum atomic E-state index is 13.5. The molecule has 7 nitrogen and oxygen atoms in total. The maximum absolute atomic E-state index is 13.5. The Balaban J connectivity index is 1.51. The van der Waals surface area contributed by atoms with E-state index < -0.39 is 0 Å². The van der Waals surface area contributed by atoms with E-state index in [1.165, 1.54) is 12.8 Å². The Hall–Kier alpha value is -2.67. The molecule has 1 aliphatic heterocycles. The van der Waals surface area contributed by atoms with Gasteiger partial charge in [0.15, 0.2) is 0 Å². The van der Waals surface area contributed by atoms with Crippen molar-refractivity contribution in [2.24, 2.45) is 11.8 Å². The zero-order chi connectivity index (χ0) is 20.9. The maximum Gasteiger partial charge on any atom is 0.233 e. The van der Waals surface area contributed by atoms with Crippen LogP contribution < -0.4 is 0 Å². The molecule has 2 aromatic rings. The molecule has 1 aromatic carbocycles. The summed E-state index contributed by atoms with van der Waals surface area (Å²) in [6.07, 6.45) is 9.35. The van der Waals surface area contributed by atoms with Crippen molar-refractivity contribution < 1.29 is 14.8 Å². The molecule has 4 rings (SSSR count). The van der Waals surface area contributed by atoms with E-state index in [0.717, 1.165) is 49.2 Å². The van der Waals surface area contributed by atoms with Crippen molar-refractivity contribution in [3.8, 4) is 11.3 Å². The smallest absolute Gasteiger partial charge is 0.233 e. The summed E-state index contributed by atoms with van der Waals surface area (Å²) in [5.74, 6) is 0.930. The van der Waals surface area contributed by atoms with E-state index in [2.05, 4.69) is 9.97 Å². The number of rotatable bonds is 8. The van der Waals surface area contributed by atoms with Gasteiger partial charge in [0.2, 0.25) is 12.3 Å². The predicted octanol–water partition coefficient (Wildman–Crippen LogP) is 3.78. The van der Waals surface area contributed by atoms with Gasteiger partial charge in [-0.1, -0.05) is 56.0 Å². The van der Waals surface area contributed by atoms with Gasteiger partial charge in [-0.2, -0.15) is 0 Å². The van der Waals surface area contributed by atoms with Gasteiger partial charge < -0.3 is 9.88 Å². The van der Waals surface area contributed by atoms with E-state index in [0.29, 0.717) is 23.9 Å². The molecule has 1 saturated heterocycles. The Morgan fingerprint density at radius 1 is 1.23 bits per heavy atom. The number of carbonyl (C=O) groups excluding carboxylic acids is 2.